The predicted molar refractivity (Wildman–Crippen MR) is 90.9 cm³/mol. The van der Waals surface area contributed by atoms with Crippen molar-refractivity contribution in [3.63, 3.8) is 0 Å². The number of amides is 1. The Hall–Kier alpha value is -2.29. The van der Waals surface area contributed by atoms with Crippen LogP contribution in [0.2, 0.25) is 0 Å². The Morgan fingerprint density at radius 3 is 2.68 bits per heavy atom. The van der Waals surface area contributed by atoms with Crippen LogP contribution in [0, 0.1) is 0 Å². The highest BCUT2D eigenvalue weighted by atomic mass is 16.2. The summed E-state index contributed by atoms with van der Waals surface area (Å²) in [5.41, 5.74) is 10.2. The molecule has 0 atom stereocenters. The number of nitrogen functional groups attached to an aromatic ring is 1. The molecule has 1 heterocycles. The van der Waals surface area contributed by atoms with Gasteiger partial charge < -0.3 is 10.6 Å². The summed E-state index contributed by atoms with van der Waals surface area (Å²) in [7, 11) is 0. The lowest BCUT2D eigenvalue weighted by atomic mass is 10.1. The topological polar surface area (TPSA) is 46.3 Å². The summed E-state index contributed by atoms with van der Waals surface area (Å²) in [5.74, 6) is 0.192. The largest absolute Gasteiger partial charge is 0.399 e. The highest BCUT2D eigenvalue weighted by molar-refractivity contribution is 5.94. The summed E-state index contributed by atoms with van der Waals surface area (Å²) in [5, 5.41) is 0. The highest BCUT2D eigenvalue weighted by Gasteiger charge is 2.20. The van der Waals surface area contributed by atoms with Crippen LogP contribution in [0.15, 0.2) is 48.5 Å². The number of rotatable bonds is 3. The second-order valence-corrected chi connectivity index (χ2v) is 5.83. The third-order valence-corrected chi connectivity index (χ3v) is 4.32. The number of hydrogen-bond acceptors (Lipinski definition) is 2. The first kappa shape index (κ1) is 14.6. The number of aryl methyl sites for hydroxylation is 2. The van der Waals surface area contributed by atoms with Crippen molar-refractivity contribution in [2.45, 2.75) is 32.1 Å². The SMILES string of the molecule is Nc1ccccc1CCC(=O)N1CCCCc2ccccc21. The van der Waals surface area contributed by atoms with Crippen molar-refractivity contribution >= 4 is 17.3 Å². The van der Waals surface area contributed by atoms with Crippen LogP contribution in [0.4, 0.5) is 11.4 Å². The lowest BCUT2D eigenvalue weighted by Gasteiger charge is -2.23. The standard InChI is InChI=1S/C19H22N2O/c20-17-10-3-1-7-15(17)12-13-19(22)21-14-6-5-9-16-8-2-4-11-18(16)21/h1-4,7-8,10-11H,5-6,9,12-14,20H2. The molecule has 2 N–H and O–H groups in total. The van der Waals surface area contributed by atoms with E-state index in [9.17, 15) is 4.79 Å². The van der Waals surface area contributed by atoms with E-state index in [1.54, 1.807) is 0 Å². The van der Waals surface area contributed by atoms with E-state index in [0.717, 1.165) is 42.7 Å². The fourth-order valence-corrected chi connectivity index (χ4v) is 3.09. The molecule has 1 amide bonds. The normalized spacial score (nSPS) is 14.3. The van der Waals surface area contributed by atoms with Gasteiger partial charge in [-0.05, 0) is 48.9 Å². The second-order valence-electron chi connectivity index (χ2n) is 5.83. The minimum atomic E-state index is 0.192. The molecule has 3 rings (SSSR count). The Morgan fingerprint density at radius 2 is 1.82 bits per heavy atom. The summed E-state index contributed by atoms with van der Waals surface area (Å²) in [6, 6.07) is 16.0. The average molecular weight is 294 g/mol. The van der Waals surface area contributed by atoms with Gasteiger partial charge in [0.25, 0.3) is 0 Å². The summed E-state index contributed by atoms with van der Waals surface area (Å²) in [4.78, 5) is 14.6. The van der Waals surface area contributed by atoms with Gasteiger partial charge in [-0.15, -0.1) is 0 Å². The minimum Gasteiger partial charge on any atom is -0.399 e. The number of benzene rings is 2. The molecule has 2 aromatic rings. The van der Waals surface area contributed by atoms with Crippen LogP contribution in [0.1, 0.15) is 30.4 Å². The van der Waals surface area contributed by atoms with E-state index >= 15 is 0 Å². The molecule has 1 aliphatic heterocycles. The molecule has 0 fully saturated rings. The van der Waals surface area contributed by atoms with E-state index in [1.165, 1.54) is 5.56 Å². The van der Waals surface area contributed by atoms with Crippen molar-refractivity contribution in [2.24, 2.45) is 0 Å². The van der Waals surface area contributed by atoms with Crippen LogP contribution in [0.25, 0.3) is 0 Å². The average Bonchev–Trinajstić information content (AvgIpc) is 2.76. The number of hydrogen-bond donors (Lipinski definition) is 1. The molecule has 0 radical (unpaired) electrons. The number of nitrogens with two attached hydrogens (primary N) is 1. The van der Waals surface area contributed by atoms with E-state index in [1.807, 2.05) is 35.2 Å². The molecule has 0 unspecified atom stereocenters. The second kappa shape index (κ2) is 6.65. The summed E-state index contributed by atoms with van der Waals surface area (Å²) >= 11 is 0. The molecule has 2 aromatic carbocycles. The zero-order chi connectivity index (χ0) is 15.4. The lowest BCUT2D eigenvalue weighted by Crippen LogP contribution is -2.31. The quantitative estimate of drug-likeness (QED) is 0.880. The van der Waals surface area contributed by atoms with Crippen molar-refractivity contribution < 1.29 is 4.79 Å². The van der Waals surface area contributed by atoms with E-state index in [-0.39, 0.29) is 5.91 Å². The smallest absolute Gasteiger partial charge is 0.227 e. The van der Waals surface area contributed by atoms with Crippen LogP contribution in [0.3, 0.4) is 0 Å². The van der Waals surface area contributed by atoms with Crippen LogP contribution in [0.5, 0.6) is 0 Å². The predicted octanol–water partition coefficient (Wildman–Crippen LogP) is 3.57. The summed E-state index contributed by atoms with van der Waals surface area (Å²) in [6.07, 6.45) is 4.47. The Kier molecular flexibility index (Phi) is 4.42. The maximum absolute atomic E-state index is 12.7. The van der Waals surface area contributed by atoms with Gasteiger partial charge in [0.05, 0.1) is 0 Å². The van der Waals surface area contributed by atoms with Crippen molar-refractivity contribution in [2.75, 3.05) is 17.2 Å². The Morgan fingerprint density at radius 1 is 1.05 bits per heavy atom. The van der Waals surface area contributed by atoms with Gasteiger partial charge in [0.15, 0.2) is 0 Å². The number of carbonyl (C=O) groups is 1. The zero-order valence-corrected chi connectivity index (χ0v) is 12.8. The fraction of sp³-hybridized carbons (Fsp3) is 0.316. The first-order valence-electron chi connectivity index (χ1n) is 7.97. The van der Waals surface area contributed by atoms with E-state index < -0.39 is 0 Å². The molecule has 0 saturated carbocycles. The molecule has 0 aromatic heterocycles. The monoisotopic (exact) mass is 294 g/mol. The van der Waals surface area contributed by atoms with Crippen LogP contribution < -0.4 is 10.6 Å². The Balaban J connectivity index is 1.73. The first-order chi connectivity index (χ1) is 10.8. The zero-order valence-electron chi connectivity index (χ0n) is 12.8. The number of carbonyl (C=O) groups excluding carboxylic acids is 1. The molecule has 114 valence electrons. The van der Waals surface area contributed by atoms with Gasteiger partial charge in [0.1, 0.15) is 0 Å². The number of fused-ring (bicyclic) bond motifs is 1. The van der Waals surface area contributed by atoms with Gasteiger partial charge in [-0.3, -0.25) is 4.79 Å². The van der Waals surface area contributed by atoms with Gasteiger partial charge in [0, 0.05) is 24.3 Å². The molecule has 3 heteroatoms. The maximum Gasteiger partial charge on any atom is 0.227 e. The van der Waals surface area contributed by atoms with Gasteiger partial charge in [-0.1, -0.05) is 36.4 Å². The van der Waals surface area contributed by atoms with Crippen molar-refractivity contribution in [1.29, 1.82) is 0 Å². The van der Waals surface area contributed by atoms with Gasteiger partial charge >= 0.3 is 0 Å². The van der Waals surface area contributed by atoms with Crippen molar-refractivity contribution in [3.05, 3.63) is 59.7 Å². The summed E-state index contributed by atoms with van der Waals surface area (Å²) in [6.45, 7) is 0.820. The lowest BCUT2D eigenvalue weighted by molar-refractivity contribution is -0.118. The molecule has 22 heavy (non-hydrogen) atoms. The number of nitrogens with zero attached hydrogens (tertiary/aromatic N) is 1. The van der Waals surface area contributed by atoms with Crippen molar-refractivity contribution in [1.82, 2.24) is 0 Å². The molecule has 3 nitrogen and oxygen atoms in total. The minimum absolute atomic E-state index is 0.192. The molecule has 0 bridgehead atoms. The third kappa shape index (κ3) is 3.14. The van der Waals surface area contributed by atoms with Crippen LogP contribution >= 0.6 is 0 Å². The molecular weight excluding hydrogens is 272 g/mol. The van der Waals surface area contributed by atoms with E-state index in [0.29, 0.717) is 12.8 Å². The number of para-hydroxylation sites is 2. The fourth-order valence-electron chi connectivity index (χ4n) is 3.09. The van der Waals surface area contributed by atoms with E-state index in [4.69, 9.17) is 5.73 Å². The van der Waals surface area contributed by atoms with Crippen molar-refractivity contribution in [3.8, 4) is 0 Å². The van der Waals surface area contributed by atoms with Crippen LogP contribution in [-0.4, -0.2) is 12.5 Å². The number of anilines is 2. The first-order valence-corrected chi connectivity index (χ1v) is 7.97. The summed E-state index contributed by atoms with van der Waals surface area (Å²) < 4.78 is 0. The van der Waals surface area contributed by atoms with Gasteiger partial charge in [0.2, 0.25) is 5.91 Å². The van der Waals surface area contributed by atoms with E-state index in [2.05, 4.69) is 18.2 Å². The van der Waals surface area contributed by atoms with Gasteiger partial charge in [-0.2, -0.15) is 0 Å². The van der Waals surface area contributed by atoms with Gasteiger partial charge in [-0.25, -0.2) is 0 Å². The third-order valence-electron chi connectivity index (χ3n) is 4.32. The molecule has 1 aliphatic rings. The Bertz CT molecular complexity index is 666. The molecular formula is C19H22N2O. The molecule has 0 aliphatic carbocycles. The van der Waals surface area contributed by atoms with Crippen LogP contribution in [-0.2, 0) is 17.6 Å². The highest BCUT2D eigenvalue weighted by Crippen LogP contribution is 2.27. The molecule has 0 saturated heterocycles. The Labute approximate surface area is 131 Å². The molecule has 0 spiro atoms. The maximum atomic E-state index is 12.7.